The molecule has 30 nitrogen and oxygen atoms in total. The van der Waals surface area contributed by atoms with E-state index in [2.05, 4.69) is 27.9 Å². The van der Waals surface area contributed by atoms with Crippen LogP contribution in [0.2, 0.25) is 0 Å². The zero-order valence-corrected chi connectivity index (χ0v) is 56.7. The van der Waals surface area contributed by atoms with Gasteiger partial charge in [-0.2, -0.15) is 0 Å². The van der Waals surface area contributed by atoms with Gasteiger partial charge in [-0.05, 0) is 25.7 Å². The van der Waals surface area contributed by atoms with Crippen LogP contribution < -0.4 is 0 Å². The summed E-state index contributed by atoms with van der Waals surface area (Å²) in [5.74, 6) is 0. The molecule has 0 unspecified atom stereocenters. The first-order valence-corrected chi connectivity index (χ1v) is 14.9. The van der Waals surface area contributed by atoms with E-state index in [1.54, 1.807) is 0 Å². The third-order valence-corrected chi connectivity index (χ3v) is 7.23. The van der Waals surface area contributed by atoms with E-state index in [1.807, 2.05) is 0 Å². The SMILES string of the molecule is CCCCCCCCCCCCCC[N+](C)(C)CCCCCCCCCCCCCC.O.O.O.O.O.O.O.O.O.O.O.O.O.O.O.O.O.O.O.O.O.O.O.O.O.O.O.O.O.[Mo].[Mo].[Mo].[Mo].[Mo].[Mo].[Mo].[Mo]. The first-order chi connectivity index (χ1) is 15.1. The molecule has 0 aliphatic rings. The zero-order chi connectivity index (χ0) is 22.9. The van der Waals surface area contributed by atoms with Crippen LogP contribution in [0, 0.1) is 0 Å². The second kappa shape index (κ2) is 267. The summed E-state index contributed by atoms with van der Waals surface area (Å²) >= 11 is 0. The molecular formula is C30H122Mo8NO29+. The van der Waals surface area contributed by atoms with E-state index >= 15 is 0 Å². The summed E-state index contributed by atoms with van der Waals surface area (Å²) in [7, 11) is 4.91. The van der Waals surface area contributed by atoms with E-state index in [0.29, 0.717) is 0 Å². The Bertz CT molecular complexity index is 388. The molecule has 0 fully saturated rings. The Kier molecular flexibility index (Phi) is 1230. The van der Waals surface area contributed by atoms with Gasteiger partial charge >= 0.3 is 0 Å². The summed E-state index contributed by atoms with van der Waals surface area (Å²) in [6, 6.07) is 0. The van der Waals surface area contributed by atoms with Gasteiger partial charge in [-0.1, -0.05) is 142 Å². The number of nitrogens with zero attached hydrogens (tertiary/aromatic N) is 1. The molecule has 0 heterocycles. The third kappa shape index (κ3) is 287. The minimum Gasteiger partial charge on any atom is -0.412 e. The normalized spacial score (nSPS) is 5.47. The predicted molar refractivity (Wildman–Crippen MR) is 249 cm³/mol. The van der Waals surface area contributed by atoms with Crippen LogP contribution >= 0.6 is 0 Å². The molecule has 0 saturated carbocycles. The van der Waals surface area contributed by atoms with Gasteiger partial charge < -0.3 is 163 Å². The Hall–Kier alpha value is 4.31. The molecule has 0 bridgehead atoms. The Labute approximate surface area is 521 Å². The molecule has 0 aliphatic carbocycles. The van der Waals surface area contributed by atoms with Crippen molar-refractivity contribution < 1.29 is 332 Å². The average Bonchev–Trinajstić information content (AvgIpc) is 2.75. The smallest absolute Gasteiger partial charge is 0.0782 e. The fourth-order valence-electron chi connectivity index (χ4n) is 4.87. The molecular weight excluding hydrogens is 1610 g/mol. The van der Waals surface area contributed by atoms with E-state index in [1.165, 1.54) is 172 Å². The van der Waals surface area contributed by atoms with Crippen molar-refractivity contribution in [1.82, 2.24) is 0 Å². The zero-order valence-electron chi connectivity index (χ0n) is 40.6. The van der Waals surface area contributed by atoms with Gasteiger partial charge in [-0.25, -0.2) is 0 Å². The molecule has 0 aromatic carbocycles. The second-order valence-corrected chi connectivity index (χ2v) is 11.2. The number of rotatable bonds is 26. The molecule has 0 saturated heterocycles. The van der Waals surface area contributed by atoms with Crippen molar-refractivity contribution in [3.8, 4) is 0 Å². The van der Waals surface area contributed by atoms with E-state index < -0.39 is 0 Å². The molecule has 0 spiro atoms. The monoisotopic (exact) mass is 1740 g/mol. The van der Waals surface area contributed by atoms with Crippen molar-refractivity contribution in [2.75, 3.05) is 27.2 Å². The van der Waals surface area contributed by atoms with E-state index in [4.69, 9.17) is 0 Å². The average molecular weight is 1730 g/mol. The number of hydrogen-bond acceptors (Lipinski definition) is 0. The van der Waals surface area contributed by atoms with Crippen LogP contribution in [0.5, 0.6) is 0 Å². The minimum atomic E-state index is 0. The fraction of sp³-hybridized carbons (Fsp3) is 1.00. The standard InChI is InChI=1S/C30H64N.8Mo.29H2O/c1-5-7-9-11-13-15-17-19-21-23-25-27-29-31(3,4)30-28-26-24-22-20-18-16-14-12-10-8-6-2;;;;;;;;;;;;;;;;;;;;;;;;;;;;;;;;;;;;;/h5-30H2,1-4H3;;;;;;;;;29*1H2/q+1;;;;;;;;;;;;;;;;;;;;;;;;;;;;;;;;;;;;;. The topological polar surface area (TPSA) is 914 Å². The van der Waals surface area contributed by atoms with Gasteiger partial charge in [0.15, 0.2) is 0 Å². The summed E-state index contributed by atoms with van der Waals surface area (Å²) in [5.41, 5.74) is 0. The minimum absolute atomic E-state index is 0. The van der Waals surface area contributed by atoms with Crippen LogP contribution in [-0.2, 0) is 169 Å². The number of unbranched alkanes of at least 4 members (excludes halogenated alkanes) is 22. The Morgan fingerprint density at radius 1 is 0.162 bits per heavy atom. The predicted octanol–water partition coefficient (Wildman–Crippen LogP) is -13.5. The van der Waals surface area contributed by atoms with E-state index in [9.17, 15) is 0 Å². The van der Waals surface area contributed by atoms with Gasteiger partial charge in [-0.15, -0.1) is 0 Å². The fourth-order valence-corrected chi connectivity index (χ4v) is 4.87. The first-order valence-electron chi connectivity index (χ1n) is 14.9. The summed E-state index contributed by atoms with van der Waals surface area (Å²) in [6.07, 6.45) is 35.0. The molecule has 0 aliphatic heterocycles. The van der Waals surface area contributed by atoms with Crippen molar-refractivity contribution in [1.29, 1.82) is 0 Å². The molecule has 0 radical (unpaired) electrons. The molecule has 0 rings (SSSR count). The largest absolute Gasteiger partial charge is 0.412 e. The van der Waals surface area contributed by atoms with E-state index in [0.717, 1.165) is 0 Å². The Morgan fingerprint density at radius 3 is 0.353 bits per heavy atom. The molecule has 0 amide bonds. The van der Waals surface area contributed by atoms with Crippen molar-refractivity contribution in [2.24, 2.45) is 0 Å². The van der Waals surface area contributed by atoms with Crippen LogP contribution in [0.25, 0.3) is 0 Å². The summed E-state index contributed by atoms with van der Waals surface area (Å²) < 4.78 is 1.25. The van der Waals surface area contributed by atoms with Crippen molar-refractivity contribution in [3.05, 3.63) is 0 Å². The molecule has 0 aromatic rings. The molecule has 58 N–H and O–H groups in total. The molecule has 0 atom stereocenters. The number of hydrogen-bond donors (Lipinski definition) is 0. The van der Waals surface area contributed by atoms with Gasteiger partial charge in [-0.3, -0.25) is 0 Å². The van der Waals surface area contributed by atoms with Crippen molar-refractivity contribution in [2.45, 2.75) is 168 Å². The molecule has 468 valence electrons. The van der Waals surface area contributed by atoms with Crippen molar-refractivity contribution >= 4 is 0 Å². The maximum Gasteiger partial charge on any atom is 0.0782 e. The Morgan fingerprint density at radius 2 is 0.250 bits per heavy atom. The molecule has 38 heteroatoms. The Balaban J connectivity index is -0.00000000676. The third-order valence-electron chi connectivity index (χ3n) is 7.23. The molecule has 68 heavy (non-hydrogen) atoms. The summed E-state index contributed by atoms with van der Waals surface area (Å²) in [4.78, 5) is 0. The number of quaternary nitrogens is 1. The van der Waals surface area contributed by atoms with Gasteiger partial charge in [0.2, 0.25) is 0 Å². The van der Waals surface area contributed by atoms with Crippen LogP contribution in [0.3, 0.4) is 0 Å². The summed E-state index contributed by atoms with van der Waals surface area (Å²) in [5, 5.41) is 0. The van der Waals surface area contributed by atoms with Crippen LogP contribution in [0.1, 0.15) is 168 Å². The van der Waals surface area contributed by atoms with Crippen LogP contribution in [0.4, 0.5) is 0 Å². The first kappa shape index (κ1) is 312. The van der Waals surface area contributed by atoms with Crippen LogP contribution in [0.15, 0.2) is 0 Å². The van der Waals surface area contributed by atoms with E-state index in [-0.39, 0.29) is 327 Å². The van der Waals surface area contributed by atoms with Crippen molar-refractivity contribution in [3.63, 3.8) is 0 Å². The summed E-state index contributed by atoms with van der Waals surface area (Å²) in [6.45, 7) is 7.38. The van der Waals surface area contributed by atoms with Crippen LogP contribution in [-0.4, -0.2) is 190 Å². The van der Waals surface area contributed by atoms with Gasteiger partial charge in [0.05, 0.1) is 27.2 Å². The van der Waals surface area contributed by atoms with Gasteiger partial charge in [0.25, 0.3) is 0 Å². The van der Waals surface area contributed by atoms with Gasteiger partial charge in [0.1, 0.15) is 0 Å². The van der Waals surface area contributed by atoms with Gasteiger partial charge in [0, 0.05) is 169 Å². The maximum absolute atomic E-state index is 2.46. The maximum atomic E-state index is 2.46. The molecule has 0 aromatic heterocycles. The quantitative estimate of drug-likeness (QED) is 0.0443. The second-order valence-electron chi connectivity index (χ2n) is 11.2.